The van der Waals surface area contributed by atoms with Crippen LogP contribution in [0.1, 0.15) is 25.7 Å². The molecule has 0 unspecified atom stereocenters. The van der Waals surface area contributed by atoms with Gasteiger partial charge in [-0.2, -0.15) is 0 Å². The molecule has 0 saturated carbocycles. The summed E-state index contributed by atoms with van der Waals surface area (Å²) in [5, 5.41) is 4.53. The van der Waals surface area contributed by atoms with E-state index in [-0.39, 0.29) is 11.7 Å². The van der Waals surface area contributed by atoms with Crippen molar-refractivity contribution in [2.75, 3.05) is 38.3 Å². The van der Waals surface area contributed by atoms with Crippen LogP contribution in [0.4, 0.5) is 5.82 Å². The number of fused-ring (bicyclic) bond motifs is 1. The Labute approximate surface area is 147 Å². The van der Waals surface area contributed by atoms with E-state index in [0.29, 0.717) is 13.2 Å². The zero-order chi connectivity index (χ0) is 17.0. The number of hydrogen-bond donors (Lipinski definition) is 1. The summed E-state index contributed by atoms with van der Waals surface area (Å²) in [7, 11) is 0. The number of anilines is 1. The molecule has 0 atom stereocenters. The Balaban J connectivity index is 1.37. The predicted molar refractivity (Wildman–Crippen MR) is 95.4 cm³/mol. The summed E-state index contributed by atoms with van der Waals surface area (Å²) in [5.74, 6) is 0.903. The lowest BCUT2D eigenvalue weighted by atomic mass is 9.75. The standard InChI is InChI=1S/C19H25N3O3/c1-2-5-16-15(4-1)17(22-14-21-16)20-9-3-6-19(7-10-23-11-8-19)18-24-12-13-25-18/h1-2,4-5,14,18H,3,6-13H2,(H,20,21,22). The predicted octanol–water partition coefficient (Wildman–Crippen LogP) is 2.99. The lowest BCUT2D eigenvalue weighted by Crippen LogP contribution is -2.41. The van der Waals surface area contributed by atoms with Gasteiger partial charge in [0.25, 0.3) is 0 Å². The highest BCUT2D eigenvalue weighted by Crippen LogP contribution is 2.42. The first-order chi connectivity index (χ1) is 12.4. The highest BCUT2D eigenvalue weighted by Gasteiger charge is 2.43. The fourth-order valence-electron chi connectivity index (χ4n) is 3.89. The highest BCUT2D eigenvalue weighted by molar-refractivity contribution is 5.88. The zero-order valence-corrected chi connectivity index (χ0v) is 14.4. The van der Waals surface area contributed by atoms with Gasteiger partial charge in [0.1, 0.15) is 12.1 Å². The van der Waals surface area contributed by atoms with Gasteiger partial charge in [0, 0.05) is 30.6 Å². The van der Waals surface area contributed by atoms with Crippen LogP contribution in [0.3, 0.4) is 0 Å². The molecule has 6 heteroatoms. The zero-order valence-electron chi connectivity index (χ0n) is 14.4. The Morgan fingerprint density at radius 2 is 1.84 bits per heavy atom. The number of benzene rings is 1. The average molecular weight is 343 g/mol. The van der Waals surface area contributed by atoms with Gasteiger partial charge in [0.2, 0.25) is 0 Å². The van der Waals surface area contributed by atoms with Gasteiger partial charge in [0.15, 0.2) is 6.29 Å². The van der Waals surface area contributed by atoms with E-state index < -0.39 is 0 Å². The van der Waals surface area contributed by atoms with Crippen LogP contribution in [0.15, 0.2) is 30.6 Å². The molecule has 0 radical (unpaired) electrons. The van der Waals surface area contributed by atoms with Gasteiger partial charge in [-0.3, -0.25) is 0 Å². The van der Waals surface area contributed by atoms with E-state index >= 15 is 0 Å². The molecule has 1 N–H and O–H groups in total. The molecule has 2 aromatic rings. The maximum Gasteiger partial charge on any atom is 0.163 e. The van der Waals surface area contributed by atoms with E-state index in [1.165, 1.54) is 0 Å². The lowest BCUT2D eigenvalue weighted by Gasteiger charge is -2.40. The highest BCUT2D eigenvalue weighted by atomic mass is 16.7. The summed E-state index contributed by atoms with van der Waals surface area (Å²) in [5.41, 5.74) is 1.05. The fourth-order valence-corrected chi connectivity index (χ4v) is 3.89. The third-order valence-electron chi connectivity index (χ3n) is 5.30. The van der Waals surface area contributed by atoms with Crippen molar-refractivity contribution in [1.29, 1.82) is 0 Å². The average Bonchev–Trinajstić information content (AvgIpc) is 3.22. The minimum Gasteiger partial charge on any atom is -0.381 e. The van der Waals surface area contributed by atoms with Crippen molar-refractivity contribution in [3.05, 3.63) is 30.6 Å². The smallest absolute Gasteiger partial charge is 0.163 e. The molecule has 2 fully saturated rings. The molecule has 1 aromatic carbocycles. The Hall–Kier alpha value is -1.76. The Morgan fingerprint density at radius 3 is 2.68 bits per heavy atom. The van der Waals surface area contributed by atoms with Crippen LogP contribution in [0.2, 0.25) is 0 Å². The van der Waals surface area contributed by atoms with Crippen LogP contribution in [0.25, 0.3) is 10.9 Å². The first-order valence-corrected chi connectivity index (χ1v) is 9.12. The quantitative estimate of drug-likeness (QED) is 0.814. The number of hydrogen-bond acceptors (Lipinski definition) is 6. The number of nitrogens with zero attached hydrogens (tertiary/aromatic N) is 2. The lowest BCUT2D eigenvalue weighted by molar-refractivity contribution is -0.168. The van der Waals surface area contributed by atoms with Gasteiger partial charge in [-0.1, -0.05) is 12.1 Å². The largest absolute Gasteiger partial charge is 0.381 e. The van der Waals surface area contributed by atoms with E-state index in [9.17, 15) is 0 Å². The van der Waals surface area contributed by atoms with Crippen LogP contribution in [-0.2, 0) is 14.2 Å². The second-order valence-corrected chi connectivity index (χ2v) is 6.82. The third-order valence-corrected chi connectivity index (χ3v) is 5.30. The van der Waals surface area contributed by atoms with Gasteiger partial charge in [0.05, 0.1) is 18.7 Å². The fraction of sp³-hybridized carbons (Fsp3) is 0.579. The Kier molecular flexibility index (Phi) is 5.10. The second-order valence-electron chi connectivity index (χ2n) is 6.82. The molecule has 0 aliphatic carbocycles. The molecular weight excluding hydrogens is 318 g/mol. The molecule has 2 saturated heterocycles. The van der Waals surface area contributed by atoms with Crippen molar-refractivity contribution >= 4 is 16.7 Å². The summed E-state index contributed by atoms with van der Waals surface area (Å²) in [4.78, 5) is 8.70. The minimum atomic E-state index is -0.0729. The summed E-state index contributed by atoms with van der Waals surface area (Å²) < 4.78 is 17.3. The summed E-state index contributed by atoms with van der Waals surface area (Å²) in [6.07, 6.45) is 5.67. The van der Waals surface area contributed by atoms with Crippen LogP contribution in [-0.4, -0.2) is 49.2 Å². The van der Waals surface area contributed by atoms with Gasteiger partial charge in [-0.15, -0.1) is 0 Å². The van der Waals surface area contributed by atoms with Crippen LogP contribution in [0, 0.1) is 5.41 Å². The maximum atomic E-state index is 5.85. The molecular formula is C19H25N3O3. The number of ether oxygens (including phenoxy) is 3. The molecule has 0 bridgehead atoms. The molecule has 25 heavy (non-hydrogen) atoms. The van der Waals surface area contributed by atoms with Crippen molar-refractivity contribution in [3.63, 3.8) is 0 Å². The van der Waals surface area contributed by atoms with Gasteiger partial charge in [-0.25, -0.2) is 9.97 Å². The number of rotatable bonds is 6. The Morgan fingerprint density at radius 1 is 1.04 bits per heavy atom. The second kappa shape index (κ2) is 7.64. The number of aromatic nitrogens is 2. The van der Waals surface area contributed by atoms with E-state index in [1.807, 2.05) is 18.2 Å². The monoisotopic (exact) mass is 343 g/mol. The summed E-state index contributed by atoms with van der Waals surface area (Å²) >= 11 is 0. The SMILES string of the molecule is c1ccc2c(NCCCC3(C4OCCO4)CCOCC3)ncnc2c1. The number of nitrogens with one attached hydrogen (secondary N) is 1. The van der Waals surface area contributed by atoms with E-state index in [1.54, 1.807) is 6.33 Å². The molecule has 0 amide bonds. The Bertz CT molecular complexity index is 692. The summed E-state index contributed by atoms with van der Waals surface area (Å²) in [6, 6.07) is 8.07. The molecule has 2 aliphatic heterocycles. The first kappa shape index (κ1) is 16.7. The minimum absolute atomic E-state index is 0.0729. The van der Waals surface area contributed by atoms with Gasteiger partial charge >= 0.3 is 0 Å². The number of para-hydroxylation sites is 1. The van der Waals surface area contributed by atoms with Crippen molar-refractivity contribution in [3.8, 4) is 0 Å². The first-order valence-electron chi connectivity index (χ1n) is 9.12. The molecule has 1 aromatic heterocycles. The van der Waals surface area contributed by atoms with Crippen molar-refractivity contribution in [2.45, 2.75) is 32.0 Å². The molecule has 3 heterocycles. The topological polar surface area (TPSA) is 65.5 Å². The van der Waals surface area contributed by atoms with Gasteiger partial charge < -0.3 is 19.5 Å². The van der Waals surface area contributed by atoms with Crippen molar-refractivity contribution < 1.29 is 14.2 Å². The van der Waals surface area contributed by atoms with E-state index in [0.717, 1.165) is 62.2 Å². The van der Waals surface area contributed by atoms with Crippen molar-refractivity contribution in [2.24, 2.45) is 5.41 Å². The molecule has 6 nitrogen and oxygen atoms in total. The molecule has 2 aliphatic rings. The normalized spacial score (nSPS) is 20.8. The molecule has 4 rings (SSSR count). The van der Waals surface area contributed by atoms with E-state index in [2.05, 4.69) is 21.4 Å². The van der Waals surface area contributed by atoms with Crippen LogP contribution in [0.5, 0.6) is 0 Å². The van der Waals surface area contributed by atoms with Crippen LogP contribution >= 0.6 is 0 Å². The maximum absolute atomic E-state index is 5.85. The van der Waals surface area contributed by atoms with Gasteiger partial charge in [-0.05, 0) is 37.8 Å². The summed E-state index contributed by atoms with van der Waals surface area (Å²) in [6.45, 7) is 3.88. The van der Waals surface area contributed by atoms with Crippen molar-refractivity contribution in [1.82, 2.24) is 9.97 Å². The molecule has 134 valence electrons. The third kappa shape index (κ3) is 3.61. The van der Waals surface area contributed by atoms with Crippen LogP contribution < -0.4 is 5.32 Å². The molecule has 0 spiro atoms. The van der Waals surface area contributed by atoms with E-state index in [4.69, 9.17) is 14.2 Å².